The van der Waals surface area contributed by atoms with Gasteiger partial charge in [0.15, 0.2) is 0 Å². The summed E-state index contributed by atoms with van der Waals surface area (Å²) in [6.45, 7) is -0.362. The Bertz CT molecular complexity index is 1090. The van der Waals surface area contributed by atoms with E-state index in [2.05, 4.69) is 20.5 Å². The van der Waals surface area contributed by atoms with Crippen LogP contribution in [0.2, 0.25) is 0 Å². The first kappa shape index (κ1) is 20.8. The van der Waals surface area contributed by atoms with Gasteiger partial charge in [0.1, 0.15) is 0 Å². The first-order valence-electron chi connectivity index (χ1n) is 9.70. The van der Waals surface area contributed by atoms with Gasteiger partial charge in [-0.05, 0) is 47.4 Å². The van der Waals surface area contributed by atoms with E-state index >= 15 is 0 Å². The van der Waals surface area contributed by atoms with Crippen molar-refractivity contribution in [2.45, 2.75) is 19.1 Å². The largest absolute Gasteiger partial charge is 0.401 e. The molecule has 0 unspecified atom stereocenters. The topological polar surface area (TPSA) is 73.9 Å². The van der Waals surface area contributed by atoms with Crippen molar-refractivity contribution in [3.63, 3.8) is 0 Å². The fourth-order valence-electron chi connectivity index (χ4n) is 3.63. The minimum atomic E-state index is -4.23. The molecule has 6 nitrogen and oxygen atoms in total. The van der Waals surface area contributed by atoms with E-state index in [-0.39, 0.29) is 12.5 Å². The van der Waals surface area contributed by atoms with Gasteiger partial charge in [-0.25, -0.2) is 0 Å². The van der Waals surface area contributed by atoms with Gasteiger partial charge < -0.3 is 5.32 Å². The zero-order chi connectivity index (χ0) is 21.8. The fraction of sp³-hybridized carbons (Fsp3) is 0.227. The van der Waals surface area contributed by atoms with Crippen molar-refractivity contribution in [3.05, 3.63) is 71.8 Å². The SMILES string of the molecule is O=C(/C=C/c1cnccc1-c1cn[nH]c1)Nc1ccc2c(c1)CN(CC(F)(F)F)CC2. The lowest BCUT2D eigenvalue weighted by atomic mass is 9.99. The number of rotatable bonds is 5. The molecule has 3 aromatic rings. The number of hydrogen-bond donors (Lipinski definition) is 2. The maximum absolute atomic E-state index is 12.7. The third-order valence-electron chi connectivity index (χ3n) is 5.04. The number of carbonyl (C=O) groups excluding carboxylic acids is 1. The second-order valence-electron chi connectivity index (χ2n) is 7.33. The number of halogens is 3. The number of alkyl halides is 3. The summed E-state index contributed by atoms with van der Waals surface area (Å²) in [5, 5.41) is 9.46. The minimum Gasteiger partial charge on any atom is -0.323 e. The smallest absolute Gasteiger partial charge is 0.323 e. The number of carbonyl (C=O) groups is 1. The van der Waals surface area contributed by atoms with Gasteiger partial charge in [-0.1, -0.05) is 6.07 Å². The van der Waals surface area contributed by atoms with Crippen LogP contribution in [0.5, 0.6) is 0 Å². The fourth-order valence-corrected chi connectivity index (χ4v) is 3.63. The predicted molar refractivity (Wildman–Crippen MR) is 111 cm³/mol. The maximum atomic E-state index is 12.7. The average Bonchev–Trinajstić information content (AvgIpc) is 3.26. The average molecular weight is 427 g/mol. The molecular weight excluding hydrogens is 407 g/mol. The van der Waals surface area contributed by atoms with Gasteiger partial charge in [-0.3, -0.25) is 19.8 Å². The normalized spacial score (nSPS) is 14.5. The van der Waals surface area contributed by atoms with Gasteiger partial charge >= 0.3 is 6.18 Å². The van der Waals surface area contributed by atoms with Crippen LogP contribution in [0.25, 0.3) is 17.2 Å². The summed E-state index contributed by atoms with van der Waals surface area (Å²) in [7, 11) is 0. The van der Waals surface area contributed by atoms with Crippen molar-refractivity contribution < 1.29 is 18.0 Å². The monoisotopic (exact) mass is 427 g/mol. The molecule has 0 spiro atoms. The highest BCUT2D eigenvalue weighted by Crippen LogP contribution is 2.26. The summed E-state index contributed by atoms with van der Waals surface area (Å²) >= 11 is 0. The highest BCUT2D eigenvalue weighted by molar-refractivity contribution is 6.02. The molecule has 9 heteroatoms. The maximum Gasteiger partial charge on any atom is 0.401 e. The van der Waals surface area contributed by atoms with Crippen molar-refractivity contribution in [2.75, 3.05) is 18.4 Å². The number of anilines is 1. The summed E-state index contributed by atoms with van der Waals surface area (Å²) in [5.41, 5.74) is 4.86. The molecule has 4 rings (SSSR count). The van der Waals surface area contributed by atoms with E-state index in [0.29, 0.717) is 18.7 Å². The van der Waals surface area contributed by atoms with Gasteiger partial charge in [-0.15, -0.1) is 0 Å². The van der Waals surface area contributed by atoms with Crippen molar-refractivity contribution in [2.24, 2.45) is 0 Å². The van der Waals surface area contributed by atoms with Gasteiger partial charge in [0.2, 0.25) is 5.91 Å². The van der Waals surface area contributed by atoms with Crippen LogP contribution < -0.4 is 5.32 Å². The molecule has 0 saturated heterocycles. The molecule has 0 atom stereocenters. The van der Waals surface area contributed by atoms with Crippen molar-refractivity contribution in [3.8, 4) is 11.1 Å². The van der Waals surface area contributed by atoms with Crippen LogP contribution in [-0.2, 0) is 17.8 Å². The lowest BCUT2D eigenvalue weighted by Gasteiger charge is -2.29. The Hall–Kier alpha value is -3.46. The van der Waals surface area contributed by atoms with E-state index in [0.717, 1.165) is 27.8 Å². The second kappa shape index (κ2) is 8.73. The molecule has 0 fully saturated rings. The van der Waals surface area contributed by atoms with Crippen LogP contribution in [0.15, 0.2) is 55.1 Å². The first-order valence-corrected chi connectivity index (χ1v) is 9.70. The third-order valence-corrected chi connectivity index (χ3v) is 5.04. The van der Waals surface area contributed by atoms with Crippen LogP contribution in [0.1, 0.15) is 16.7 Å². The lowest BCUT2D eigenvalue weighted by molar-refractivity contribution is -0.147. The highest BCUT2D eigenvalue weighted by Gasteiger charge is 2.32. The summed E-state index contributed by atoms with van der Waals surface area (Å²) in [6.07, 6.45) is 6.14. The van der Waals surface area contributed by atoms with Crippen LogP contribution in [0.3, 0.4) is 0 Å². The first-order chi connectivity index (χ1) is 14.9. The minimum absolute atomic E-state index is 0.206. The molecule has 0 saturated carbocycles. The predicted octanol–water partition coefficient (Wildman–Crippen LogP) is 4.04. The van der Waals surface area contributed by atoms with E-state index in [9.17, 15) is 18.0 Å². The number of H-pyrrole nitrogens is 1. The number of benzene rings is 1. The number of aromatic amines is 1. The van der Waals surface area contributed by atoms with Crippen LogP contribution in [0.4, 0.5) is 18.9 Å². The Labute approximate surface area is 176 Å². The molecule has 160 valence electrons. The van der Waals surface area contributed by atoms with Gasteiger partial charge in [0.05, 0.1) is 12.7 Å². The summed E-state index contributed by atoms with van der Waals surface area (Å²) < 4.78 is 38.1. The number of amides is 1. The standard InChI is InChI=1S/C22H20F3N5O/c23-22(24,25)14-30-8-6-15-1-3-19(9-17(15)13-30)29-21(31)4-2-16-10-26-7-5-20(16)18-11-27-28-12-18/h1-5,7,9-12H,6,8,13-14H2,(H,27,28)(H,29,31)/b4-2+. The number of nitrogens with zero attached hydrogens (tertiary/aromatic N) is 3. The van der Waals surface area contributed by atoms with Gasteiger partial charge in [-0.2, -0.15) is 18.3 Å². The molecule has 0 radical (unpaired) electrons. The number of pyridine rings is 1. The molecule has 2 N–H and O–H groups in total. The van der Waals surface area contributed by atoms with E-state index in [1.165, 1.54) is 11.0 Å². The van der Waals surface area contributed by atoms with E-state index in [1.807, 2.05) is 12.1 Å². The molecule has 31 heavy (non-hydrogen) atoms. The Balaban J connectivity index is 1.44. The van der Waals surface area contributed by atoms with Crippen LogP contribution in [0, 0.1) is 0 Å². The van der Waals surface area contributed by atoms with Gasteiger partial charge in [0, 0.05) is 54.6 Å². The molecule has 1 aromatic carbocycles. The zero-order valence-electron chi connectivity index (χ0n) is 16.5. The molecule has 0 bridgehead atoms. The van der Waals surface area contributed by atoms with Crippen molar-refractivity contribution >= 4 is 17.7 Å². The zero-order valence-corrected chi connectivity index (χ0v) is 16.5. The molecule has 1 aliphatic heterocycles. The van der Waals surface area contributed by atoms with E-state index < -0.39 is 12.7 Å². The third kappa shape index (κ3) is 5.37. The van der Waals surface area contributed by atoms with Crippen molar-refractivity contribution in [1.82, 2.24) is 20.1 Å². The van der Waals surface area contributed by atoms with Gasteiger partial charge in [0.25, 0.3) is 0 Å². The Morgan fingerprint density at radius 2 is 2.10 bits per heavy atom. The summed E-state index contributed by atoms with van der Waals surface area (Å²) in [5.74, 6) is -0.343. The Morgan fingerprint density at radius 1 is 1.23 bits per heavy atom. The lowest BCUT2D eigenvalue weighted by Crippen LogP contribution is -2.38. The Morgan fingerprint density at radius 3 is 2.87 bits per heavy atom. The molecule has 2 aromatic heterocycles. The number of hydrogen-bond acceptors (Lipinski definition) is 4. The molecule has 1 amide bonds. The molecule has 0 aliphatic carbocycles. The van der Waals surface area contributed by atoms with E-state index in [1.54, 1.807) is 43.0 Å². The summed E-state index contributed by atoms with van der Waals surface area (Å²) in [6, 6.07) is 7.20. The van der Waals surface area contributed by atoms with Crippen LogP contribution in [-0.4, -0.2) is 45.3 Å². The number of nitrogens with one attached hydrogen (secondary N) is 2. The number of fused-ring (bicyclic) bond motifs is 1. The summed E-state index contributed by atoms with van der Waals surface area (Å²) in [4.78, 5) is 17.9. The van der Waals surface area contributed by atoms with Crippen molar-refractivity contribution in [1.29, 1.82) is 0 Å². The molecule has 1 aliphatic rings. The Kier molecular flexibility index (Phi) is 5.85. The second-order valence-corrected chi connectivity index (χ2v) is 7.33. The van der Waals surface area contributed by atoms with E-state index in [4.69, 9.17) is 0 Å². The van der Waals surface area contributed by atoms with Crippen LogP contribution >= 0.6 is 0 Å². The number of aromatic nitrogens is 3. The molecular formula is C22H20F3N5O. The molecule has 3 heterocycles. The highest BCUT2D eigenvalue weighted by atomic mass is 19.4. The quantitative estimate of drug-likeness (QED) is 0.603.